The Labute approximate surface area is 75.0 Å². The zero-order chi connectivity index (χ0) is 10.5. The Morgan fingerprint density at radius 2 is 1.46 bits per heavy atom. The molecule has 0 aliphatic heterocycles. The van der Waals surface area contributed by atoms with Gasteiger partial charge in [-0.2, -0.15) is 16.8 Å². The summed E-state index contributed by atoms with van der Waals surface area (Å²) in [6.45, 7) is -0.929. The Hall–Kier alpha value is -0.300. The number of hydrogen-bond acceptors (Lipinski definition) is 7. The minimum Gasteiger partial charge on any atom is -0.256 e. The number of rotatable bonds is 6. The molecule has 9 nitrogen and oxygen atoms in total. The molecule has 0 aromatic carbocycles. The van der Waals surface area contributed by atoms with E-state index in [-0.39, 0.29) is 0 Å². The highest BCUT2D eigenvalue weighted by molar-refractivity contribution is 7.84. The van der Waals surface area contributed by atoms with Gasteiger partial charge in [-0.15, -0.1) is 0 Å². The Bertz CT molecular complexity index is 296. The van der Waals surface area contributed by atoms with Crippen LogP contribution in [-0.4, -0.2) is 30.0 Å². The van der Waals surface area contributed by atoms with Crippen LogP contribution >= 0.6 is 0 Å². The molecule has 0 atom stereocenters. The minimum absolute atomic E-state index is 0.452. The summed E-state index contributed by atoms with van der Waals surface area (Å²) in [5, 5.41) is 8.76. The molecule has 0 amide bonds. The molecule has 0 spiro atoms. The summed E-state index contributed by atoms with van der Waals surface area (Å²) >= 11 is 0. The molecule has 0 aliphatic carbocycles. The standard InChI is InChI=1S/C2H8N2O7S2/c3-12(5,6)10-2-1-9-11-13(4,7)8/h1-2H2,(H2,3,5,6)(H2,4,7,8). The van der Waals surface area contributed by atoms with E-state index >= 15 is 0 Å². The molecule has 0 heterocycles. The normalized spacial score (nSPS) is 13.1. The maximum atomic E-state index is 10.1. The molecule has 11 heteroatoms. The molecular formula is C2H8N2O7S2. The van der Waals surface area contributed by atoms with Crippen molar-refractivity contribution in [3.8, 4) is 0 Å². The monoisotopic (exact) mass is 236 g/mol. The molecule has 0 saturated heterocycles. The highest BCUT2D eigenvalue weighted by Gasteiger charge is 2.05. The van der Waals surface area contributed by atoms with Crippen LogP contribution in [-0.2, 0) is 34.0 Å². The second kappa shape index (κ2) is 4.80. The highest BCUT2D eigenvalue weighted by atomic mass is 32.2. The maximum Gasteiger partial charge on any atom is 0.359 e. The summed E-state index contributed by atoms with van der Waals surface area (Å²) in [7, 11) is -8.25. The first-order valence-corrected chi connectivity index (χ1v) is 5.66. The smallest absolute Gasteiger partial charge is 0.256 e. The second-order valence-corrected chi connectivity index (χ2v) is 4.04. The van der Waals surface area contributed by atoms with Gasteiger partial charge in [0.25, 0.3) is 0 Å². The van der Waals surface area contributed by atoms with Gasteiger partial charge in [0.05, 0.1) is 6.61 Å². The van der Waals surface area contributed by atoms with Crippen molar-refractivity contribution < 1.29 is 30.2 Å². The third kappa shape index (κ3) is 11.7. The van der Waals surface area contributed by atoms with Gasteiger partial charge in [-0.05, 0) is 0 Å². The molecule has 13 heavy (non-hydrogen) atoms. The van der Waals surface area contributed by atoms with Crippen LogP contribution in [0.2, 0.25) is 0 Å². The van der Waals surface area contributed by atoms with Crippen LogP contribution < -0.4 is 10.3 Å². The molecule has 80 valence electrons. The predicted molar refractivity (Wildman–Crippen MR) is 39.2 cm³/mol. The predicted octanol–water partition coefficient (Wildman–Crippen LogP) is -2.64. The summed E-state index contributed by atoms with van der Waals surface area (Å²) in [5.74, 6) is 0. The van der Waals surface area contributed by atoms with Gasteiger partial charge in [0.2, 0.25) is 0 Å². The molecule has 0 aliphatic rings. The van der Waals surface area contributed by atoms with Gasteiger partial charge in [0.1, 0.15) is 6.61 Å². The molecular weight excluding hydrogens is 228 g/mol. The topological polar surface area (TPSA) is 148 Å². The van der Waals surface area contributed by atoms with E-state index in [1.54, 1.807) is 0 Å². The van der Waals surface area contributed by atoms with Crippen LogP contribution in [0, 0.1) is 0 Å². The molecule has 0 radical (unpaired) electrons. The zero-order valence-corrected chi connectivity index (χ0v) is 7.88. The number of nitrogens with two attached hydrogens (primary N) is 2. The maximum absolute atomic E-state index is 10.1. The van der Waals surface area contributed by atoms with E-state index in [0.29, 0.717) is 0 Å². The van der Waals surface area contributed by atoms with E-state index in [1.807, 2.05) is 0 Å². The Morgan fingerprint density at radius 3 is 1.85 bits per heavy atom. The van der Waals surface area contributed by atoms with Gasteiger partial charge in [-0.1, -0.05) is 4.33 Å². The largest absolute Gasteiger partial charge is 0.359 e. The van der Waals surface area contributed by atoms with E-state index in [9.17, 15) is 16.8 Å². The summed E-state index contributed by atoms with van der Waals surface area (Å²) in [6, 6.07) is 0. The van der Waals surface area contributed by atoms with Crippen molar-refractivity contribution >= 4 is 20.6 Å². The first-order valence-electron chi connectivity index (χ1n) is 2.72. The van der Waals surface area contributed by atoms with E-state index in [1.165, 1.54) is 0 Å². The van der Waals surface area contributed by atoms with Crippen molar-refractivity contribution in [1.29, 1.82) is 0 Å². The van der Waals surface area contributed by atoms with E-state index < -0.39 is 33.8 Å². The molecule has 0 saturated carbocycles. The third-order valence-corrected chi connectivity index (χ3v) is 1.34. The van der Waals surface area contributed by atoms with E-state index in [0.717, 1.165) is 0 Å². The zero-order valence-electron chi connectivity index (χ0n) is 6.24. The fraction of sp³-hybridized carbons (Fsp3) is 1.00. The van der Waals surface area contributed by atoms with Crippen molar-refractivity contribution in [2.45, 2.75) is 0 Å². The summed E-state index contributed by atoms with van der Waals surface area (Å²) in [5.41, 5.74) is 0. The first-order chi connectivity index (χ1) is 5.71. The molecule has 0 unspecified atom stereocenters. The molecule has 0 rings (SSSR count). The summed E-state index contributed by atoms with van der Waals surface area (Å²) < 4.78 is 47.8. The lowest BCUT2D eigenvalue weighted by Crippen LogP contribution is -2.21. The lowest BCUT2D eigenvalue weighted by molar-refractivity contribution is -0.205. The van der Waals surface area contributed by atoms with Crippen molar-refractivity contribution in [3.05, 3.63) is 0 Å². The van der Waals surface area contributed by atoms with E-state index in [2.05, 4.69) is 23.7 Å². The van der Waals surface area contributed by atoms with Gasteiger partial charge >= 0.3 is 20.6 Å². The molecule has 0 bridgehead atoms. The van der Waals surface area contributed by atoms with Crippen LogP contribution in [0.15, 0.2) is 0 Å². The second-order valence-electron chi connectivity index (χ2n) is 1.70. The van der Waals surface area contributed by atoms with Crippen LogP contribution in [0.5, 0.6) is 0 Å². The Balaban J connectivity index is 3.50. The lowest BCUT2D eigenvalue weighted by atomic mass is 10.8. The van der Waals surface area contributed by atoms with Crippen molar-refractivity contribution in [1.82, 2.24) is 0 Å². The van der Waals surface area contributed by atoms with Crippen LogP contribution in [0.1, 0.15) is 0 Å². The van der Waals surface area contributed by atoms with Crippen LogP contribution in [0.4, 0.5) is 0 Å². The Morgan fingerprint density at radius 1 is 0.923 bits per heavy atom. The molecule has 0 aromatic heterocycles. The van der Waals surface area contributed by atoms with Crippen molar-refractivity contribution in [2.24, 2.45) is 10.3 Å². The number of hydrogen-bond donors (Lipinski definition) is 2. The van der Waals surface area contributed by atoms with Gasteiger partial charge < -0.3 is 0 Å². The fourth-order valence-corrected chi connectivity index (χ4v) is 0.788. The Kier molecular flexibility index (Phi) is 4.69. The van der Waals surface area contributed by atoms with Gasteiger partial charge in [-0.25, -0.2) is 15.2 Å². The lowest BCUT2D eigenvalue weighted by Gasteiger charge is -2.00. The third-order valence-electron chi connectivity index (χ3n) is 0.557. The fourth-order valence-electron chi connectivity index (χ4n) is 0.285. The van der Waals surface area contributed by atoms with Crippen molar-refractivity contribution in [3.63, 3.8) is 0 Å². The summed E-state index contributed by atoms with van der Waals surface area (Å²) in [6.07, 6.45) is 0. The summed E-state index contributed by atoms with van der Waals surface area (Å²) in [4.78, 5) is 3.94. The van der Waals surface area contributed by atoms with Crippen LogP contribution in [0.25, 0.3) is 0 Å². The average molecular weight is 236 g/mol. The first kappa shape index (κ1) is 12.7. The van der Waals surface area contributed by atoms with Gasteiger partial charge in [0, 0.05) is 0 Å². The molecule has 0 fully saturated rings. The quantitative estimate of drug-likeness (QED) is 0.291. The van der Waals surface area contributed by atoms with Gasteiger partial charge in [-0.3, -0.25) is 4.18 Å². The van der Waals surface area contributed by atoms with Gasteiger partial charge in [0.15, 0.2) is 0 Å². The SMILES string of the molecule is NS(=O)(=O)OCCOOS(N)(=O)=O. The van der Waals surface area contributed by atoms with E-state index in [4.69, 9.17) is 0 Å². The molecule has 4 N–H and O–H groups in total. The molecule has 0 aromatic rings. The minimum atomic E-state index is -4.20. The highest BCUT2D eigenvalue weighted by Crippen LogP contribution is 1.87. The van der Waals surface area contributed by atoms with Crippen LogP contribution in [0.3, 0.4) is 0 Å². The average Bonchev–Trinajstić information content (AvgIpc) is 1.81. The van der Waals surface area contributed by atoms with Crippen molar-refractivity contribution in [2.75, 3.05) is 13.2 Å².